The van der Waals surface area contributed by atoms with Gasteiger partial charge in [0.05, 0.1) is 8.07 Å². The van der Waals surface area contributed by atoms with Crippen LogP contribution in [-0.2, 0) is 0 Å². The second kappa shape index (κ2) is 3.08. The third-order valence-corrected chi connectivity index (χ3v) is 8.72. The van der Waals surface area contributed by atoms with Crippen LogP contribution in [0.3, 0.4) is 0 Å². The molecule has 0 bridgehead atoms. The van der Waals surface area contributed by atoms with E-state index in [4.69, 9.17) is 0 Å². The van der Waals surface area contributed by atoms with Gasteiger partial charge < -0.3 is 0 Å². The monoisotopic (exact) mass is 158 g/mol. The third kappa shape index (κ3) is 2.45. The van der Waals surface area contributed by atoms with Crippen molar-refractivity contribution in [2.75, 3.05) is 0 Å². The van der Waals surface area contributed by atoms with E-state index in [-0.39, 0.29) is 0 Å². The molecule has 0 radical (unpaired) electrons. The minimum atomic E-state index is -0.905. The molecular formula is C9H22Si. The number of rotatable bonds is 2. The van der Waals surface area contributed by atoms with Crippen molar-refractivity contribution in [1.82, 2.24) is 0 Å². The molecule has 0 spiro atoms. The molecular weight excluding hydrogens is 136 g/mol. The van der Waals surface area contributed by atoms with Crippen LogP contribution in [0.25, 0.3) is 0 Å². The summed E-state index contributed by atoms with van der Waals surface area (Å²) in [5.41, 5.74) is 0. The van der Waals surface area contributed by atoms with Crippen molar-refractivity contribution in [2.24, 2.45) is 0 Å². The molecule has 0 nitrogen and oxygen atoms in total. The molecule has 0 aromatic carbocycles. The van der Waals surface area contributed by atoms with Gasteiger partial charge in [-0.2, -0.15) is 0 Å². The first-order valence-corrected chi connectivity index (χ1v) is 7.52. The van der Waals surface area contributed by atoms with Gasteiger partial charge in [0.2, 0.25) is 0 Å². The van der Waals surface area contributed by atoms with E-state index < -0.39 is 8.07 Å². The highest BCUT2D eigenvalue weighted by Gasteiger charge is 2.33. The Morgan fingerprint density at radius 2 is 1.50 bits per heavy atom. The van der Waals surface area contributed by atoms with Gasteiger partial charge in [0.15, 0.2) is 0 Å². The Bertz CT molecular complexity index is 97.8. The molecule has 0 aromatic rings. The average Bonchev–Trinajstić information content (AvgIpc) is 1.61. The summed E-state index contributed by atoms with van der Waals surface area (Å²) in [5, 5.41) is 0.586. The van der Waals surface area contributed by atoms with E-state index >= 15 is 0 Å². The van der Waals surface area contributed by atoms with E-state index in [1.165, 1.54) is 12.5 Å². The molecule has 0 aromatic heterocycles. The first-order chi connectivity index (χ1) is 4.31. The molecule has 0 aliphatic heterocycles. The SMILES string of the molecule is CCC[Si](C)(C)C(C)(C)C. The fraction of sp³-hybridized carbons (Fsp3) is 1.00. The van der Waals surface area contributed by atoms with Crippen LogP contribution in [0.1, 0.15) is 34.1 Å². The fourth-order valence-electron chi connectivity index (χ4n) is 1.000. The zero-order valence-electron chi connectivity index (χ0n) is 8.41. The Balaban J connectivity index is 4.10. The summed E-state index contributed by atoms with van der Waals surface area (Å²) >= 11 is 0. The molecule has 0 heterocycles. The van der Waals surface area contributed by atoms with E-state index in [2.05, 4.69) is 40.8 Å². The molecule has 10 heavy (non-hydrogen) atoms. The Hall–Kier alpha value is 0.217. The van der Waals surface area contributed by atoms with E-state index in [1.54, 1.807) is 0 Å². The molecule has 1 heteroatoms. The van der Waals surface area contributed by atoms with Gasteiger partial charge in [-0.1, -0.05) is 53.3 Å². The number of hydrogen-bond donors (Lipinski definition) is 0. The lowest BCUT2D eigenvalue weighted by Gasteiger charge is -2.36. The van der Waals surface area contributed by atoms with Gasteiger partial charge >= 0.3 is 0 Å². The molecule has 0 atom stereocenters. The largest absolute Gasteiger partial charge is 0.0690 e. The van der Waals surface area contributed by atoms with Crippen LogP contribution in [0.2, 0.25) is 24.2 Å². The first-order valence-electron chi connectivity index (χ1n) is 4.31. The fourth-order valence-corrected chi connectivity index (χ4v) is 3.00. The van der Waals surface area contributed by atoms with E-state index in [0.29, 0.717) is 5.04 Å². The maximum Gasteiger partial charge on any atom is 0.0527 e. The molecule has 0 N–H and O–H groups in total. The lowest BCUT2D eigenvalue weighted by atomic mass is 10.2. The van der Waals surface area contributed by atoms with Crippen molar-refractivity contribution < 1.29 is 0 Å². The first kappa shape index (κ1) is 10.2. The van der Waals surface area contributed by atoms with Gasteiger partial charge in [0.25, 0.3) is 0 Å². The lowest BCUT2D eigenvalue weighted by molar-refractivity contribution is 0.709. The highest BCUT2D eigenvalue weighted by molar-refractivity contribution is 6.80. The van der Waals surface area contributed by atoms with Crippen molar-refractivity contribution in [1.29, 1.82) is 0 Å². The Kier molecular flexibility index (Phi) is 3.15. The molecule has 0 amide bonds. The summed E-state index contributed by atoms with van der Waals surface area (Å²) in [6, 6.07) is 1.47. The van der Waals surface area contributed by atoms with Crippen LogP contribution in [0.4, 0.5) is 0 Å². The predicted octanol–water partition coefficient (Wildman–Crippen LogP) is 3.90. The van der Waals surface area contributed by atoms with E-state index in [1.807, 2.05) is 0 Å². The van der Waals surface area contributed by atoms with Crippen LogP contribution in [0.5, 0.6) is 0 Å². The van der Waals surface area contributed by atoms with Gasteiger partial charge in [-0.05, 0) is 5.04 Å². The zero-order valence-corrected chi connectivity index (χ0v) is 9.41. The van der Waals surface area contributed by atoms with E-state index in [9.17, 15) is 0 Å². The van der Waals surface area contributed by atoms with Crippen molar-refractivity contribution in [3.05, 3.63) is 0 Å². The molecule has 0 aliphatic carbocycles. The van der Waals surface area contributed by atoms with Gasteiger partial charge in [-0.25, -0.2) is 0 Å². The molecule has 0 unspecified atom stereocenters. The zero-order chi connectivity index (χ0) is 8.41. The highest BCUT2D eigenvalue weighted by Crippen LogP contribution is 2.38. The maximum absolute atomic E-state index is 2.50. The summed E-state index contributed by atoms with van der Waals surface area (Å²) in [7, 11) is -0.905. The molecule has 0 rings (SSSR count). The summed E-state index contributed by atoms with van der Waals surface area (Å²) in [6.45, 7) is 14.4. The Morgan fingerprint density at radius 3 is 1.60 bits per heavy atom. The van der Waals surface area contributed by atoms with Crippen LogP contribution in [0, 0.1) is 0 Å². The predicted molar refractivity (Wildman–Crippen MR) is 52.3 cm³/mol. The Labute approximate surface area is 67.0 Å². The minimum absolute atomic E-state index is 0.586. The van der Waals surface area contributed by atoms with Crippen LogP contribution < -0.4 is 0 Å². The summed E-state index contributed by atoms with van der Waals surface area (Å²) in [5.74, 6) is 0. The molecule has 62 valence electrons. The maximum atomic E-state index is 2.50. The van der Waals surface area contributed by atoms with Crippen molar-refractivity contribution in [3.8, 4) is 0 Å². The molecule has 0 saturated heterocycles. The smallest absolute Gasteiger partial charge is 0.0527 e. The topological polar surface area (TPSA) is 0 Å². The summed E-state index contributed by atoms with van der Waals surface area (Å²) < 4.78 is 0. The third-order valence-electron chi connectivity index (χ3n) is 2.91. The normalized spacial score (nSPS) is 13.8. The highest BCUT2D eigenvalue weighted by atomic mass is 28.3. The van der Waals surface area contributed by atoms with Crippen LogP contribution in [-0.4, -0.2) is 8.07 Å². The minimum Gasteiger partial charge on any atom is -0.0690 e. The molecule has 0 saturated carbocycles. The van der Waals surface area contributed by atoms with Crippen molar-refractivity contribution >= 4 is 8.07 Å². The van der Waals surface area contributed by atoms with Gasteiger partial charge in [-0.3, -0.25) is 0 Å². The van der Waals surface area contributed by atoms with Crippen LogP contribution in [0.15, 0.2) is 0 Å². The summed E-state index contributed by atoms with van der Waals surface area (Å²) in [4.78, 5) is 0. The quantitative estimate of drug-likeness (QED) is 0.535. The van der Waals surface area contributed by atoms with Crippen molar-refractivity contribution in [3.63, 3.8) is 0 Å². The Morgan fingerprint density at radius 1 is 1.10 bits per heavy atom. The summed E-state index contributed by atoms with van der Waals surface area (Å²) in [6.07, 6.45) is 1.36. The molecule has 0 aliphatic rings. The van der Waals surface area contributed by atoms with Gasteiger partial charge in [0, 0.05) is 0 Å². The van der Waals surface area contributed by atoms with Crippen molar-refractivity contribution in [2.45, 2.75) is 58.3 Å². The lowest BCUT2D eigenvalue weighted by Crippen LogP contribution is -2.36. The van der Waals surface area contributed by atoms with Gasteiger partial charge in [0.1, 0.15) is 0 Å². The molecule has 0 fully saturated rings. The average molecular weight is 158 g/mol. The standard InChI is InChI=1S/C9H22Si/c1-7-8-10(5,6)9(2,3)4/h7-8H2,1-6H3. The number of hydrogen-bond acceptors (Lipinski definition) is 0. The van der Waals surface area contributed by atoms with E-state index in [0.717, 1.165) is 0 Å². The second-order valence-electron chi connectivity index (χ2n) is 4.88. The second-order valence-corrected chi connectivity index (χ2v) is 10.7. The van der Waals surface area contributed by atoms with Crippen LogP contribution >= 0.6 is 0 Å². The van der Waals surface area contributed by atoms with Gasteiger partial charge in [-0.15, -0.1) is 0 Å².